The van der Waals surface area contributed by atoms with Crippen LogP contribution in [0.5, 0.6) is 11.5 Å². The molecule has 0 spiro atoms. The second-order valence-electron chi connectivity index (χ2n) is 5.38. The fourth-order valence-electron chi connectivity index (χ4n) is 2.53. The molecule has 0 unspecified atom stereocenters. The highest BCUT2D eigenvalue weighted by molar-refractivity contribution is 7.13. The van der Waals surface area contributed by atoms with E-state index in [1.165, 1.54) is 11.3 Å². The van der Waals surface area contributed by atoms with Gasteiger partial charge in [0.1, 0.15) is 4.88 Å². The summed E-state index contributed by atoms with van der Waals surface area (Å²) in [5.74, 6) is 1.54. The van der Waals surface area contributed by atoms with Crippen LogP contribution in [0.2, 0.25) is 0 Å². The Labute approximate surface area is 139 Å². The summed E-state index contributed by atoms with van der Waals surface area (Å²) >= 11 is 1.49. The lowest BCUT2D eigenvalue weighted by Crippen LogP contribution is -2.30. The second kappa shape index (κ2) is 6.58. The third-order valence-electron chi connectivity index (χ3n) is 3.82. The predicted molar refractivity (Wildman–Crippen MR) is 89.2 cm³/mol. The molecule has 2 heterocycles. The smallest absolute Gasteiger partial charge is 0.266 e. The van der Waals surface area contributed by atoms with Gasteiger partial charge in [-0.2, -0.15) is 0 Å². The van der Waals surface area contributed by atoms with Crippen LogP contribution in [0, 0.1) is 6.92 Å². The standard InChI is InChI=1S/C17H20N2O3S/c1-4-15-18-11(3)16(23-15)17(20)19(5-2)9-12-6-7-13-14(8-12)22-10-21-13/h6-8H,4-5,9-10H2,1-3H3. The molecular weight excluding hydrogens is 312 g/mol. The first-order valence-electron chi connectivity index (χ1n) is 7.76. The average molecular weight is 332 g/mol. The number of rotatable bonds is 5. The maximum absolute atomic E-state index is 12.8. The number of amides is 1. The molecule has 0 aliphatic carbocycles. The number of ether oxygens (including phenoxy) is 2. The van der Waals surface area contributed by atoms with E-state index >= 15 is 0 Å². The van der Waals surface area contributed by atoms with E-state index in [4.69, 9.17) is 9.47 Å². The Morgan fingerprint density at radius 3 is 2.78 bits per heavy atom. The van der Waals surface area contributed by atoms with Crippen molar-refractivity contribution in [2.75, 3.05) is 13.3 Å². The lowest BCUT2D eigenvalue weighted by molar-refractivity contribution is 0.0756. The van der Waals surface area contributed by atoms with Gasteiger partial charge in [-0.1, -0.05) is 13.0 Å². The molecule has 0 N–H and O–H groups in total. The Morgan fingerprint density at radius 2 is 2.09 bits per heavy atom. The minimum atomic E-state index is 0.0415. The fraction of sp³-hybridized carbons (Fsp3) is 0.412. The van der Waals surface area contributed by atoms with Gasteiger partial charge in [0.05, 0.1) is 10.7 Å². The quantitative estimate of drug-likeness (QED) is 0.842. The van der Waals surface area contributed by atoms with Gasteiger partial charge >= 0.3 is 0 Å². The zero-order valence-electron chi connectivity index (χ0n) is 13.6. The Balaban J connectivity index is 1.79. The largest absolute Gasteiger partial charge is 0.454 e. The van der Waals surface area contributed by atoms with Gasteiger partial charge in [0, 0.05) is 13.1 Å². The molecule has 0 radical (unpaired) electrons. The first kappa shape index (κ1) is 15.8. The number of fused-ring (bicyclic) bond motifs is 1. The number of benzene rings is 1. The molecule has 2 aromatic rings. The minimum absolute atomic E-state index is 0.0415. The van der Waals surface area contributed by atoms with Crippen molar-refractivity contribution < 1.29 is 14.3 Å². The van der Waals surface area contributed by atoms with Crippen molar-refractivity contribution in [1.82, 2.24) is 9.88 Å². The fourth-order valence-corrected chi connectivity index (χ4v) is 3.50. The van der Waals surface area contributed by atoms with Crippen molar-refractivity contribution in [3.05, 3.63) is 39.3 Å². The van der Waals surface area contributed by atoms with E-state index in [1.807, 2.05) is 36.9 Å². The number of hydrogen-bond acceptors (Lipinski definition) is 5. The van der Waals surface area contributed by atoms with E-state index in [0.29, 0.717) is 13.1 Å². The summed E-state index contributed by atoms with van der Waals surface area (Å²) in [6.07, 6.45) is 0.854. The van der Waals surface area contributed by atoms with Crippen molar-refractivity contribution in [3.63, 3.8) is 0 Å². The van der Waals surface area contributed by atoms with Gasteiger partial charge in [0.15, 0.2) is 11.5 Å². The number of aryl methyl sites for hydroxylation is 2. The summed E-state index contributed by atoms with van der Waals surface area (Å²) in [6, 6.07) is 5.80. The zero-order chi connectivity index (χ0) is 16.4. The summed E-state index contributed by atoms with van der Waals surface area (Å²) in [7, 11) is 0. The molecule has 0 saturated heterocycles. The van der Waals surface area contributed by atoms with E-state index in [-0.39, 0.29) is 12.7 Å². The van der Waals surface area contributed by atoms with E-state index in [9.17, 15) is 4.79 Å². The summed E-state index contributed by atoms with van der Waals surface area (Å²) in [6.45, 7) is 7.39. The topological polar surface area (TPSA) is 51.7 Å². The Kier molecular flexibility index (Phi) is 4.52. The molecule has 122 valence electrons. The molecule has 1 aromatic heterocycles. The van der Waals surface area contributed by atoms with Crippen LogP contribution in [-0.2, 0) is 13.0 Å². The van der Waals surface area contributed by atoms with Crippen molar-refractivity contribution in [1.29, 1.82) is 0 Å². The van der Waals surface area contributed by atoms with Gasteiger partial charge in [-0.05, 0) is 38.0 Å². The molecule has 23 heavy (non-hydrogen) atoms. The third-order valence-corrected chi connectivity index (χ3v) is 5.11. The van der Waals surface area contributed by atoms with E-state index in [1.54, 1.807) is 0 Å². The van der Waals surface area contributed by atoms with Crippen molar-refractivity contribution >= 4 is 17.2 Å². The van der Waals surface area contributed by atoms with Gasteiger partial charge in [0.2, 0.25) is 6.79 Å². The molecule has 1 aliphatic rings. The predicted octanol–water partition coefficient (Wildman–Crippen LogP) is 3.40. The van der Waals surface area contributed by atoms with Crippen LogP contribution in [0.4, 0.5) is 0 Å². The number of hydrogen-bond donors (Lipinski definition) is 0. The number of carbonyl (C=O) groups excluding carboxylic acids is 1. The summed E-state index contributed by atoms with van der Waals surface area (Å²) in [5, 5.41) is 1.00. The maximum Gasteiger partial charge on any atom is 0.266 e. The van der Waals surface area contributed by atoms with E-state index < -0.39 is 0 Å². The molecular formula is C17H20N2O3S. The van der Waals surface area contributed by atoms with Crippen LogP contribution in [0.25, 0.3) is 0 Å². The van der Waals surface area contributed by atoms with Crippen LogP contribution >= 0.6 is 11.3 Å². The maximum atomic E-state index is 12.8. The highest BCUT2D eigenvalue weighted by Crippen LogP contribution is 2.33. The molecule has 0 fully saturated rings. The van der Waals surface area contributed by atoms with Gasteiger partial charge in [-0.3, -0.25) is 4.79 Å². The van der Waals surface area contributed by atoms with Crippen molar-refractivity contribution in [2.45, 2.75) is 33.7 Å². The van der Waals surface area contributed by atoms with Crippen molar-refractivity contribution in [3.8, 4) is 11.5 Å². The van der Waals surface area contributed by atoms with Gasteiger partial charge < -0.3 is 14.4 Å². The van der Waals surface area contributed by atoms with Crippen LogP contribution in [0.15, 0.2) is 18.2 Å². The number of nitrogens with zero attached hydrogens (tertiary/aromatic N) is 2. The molecule has 3 rings (SSSR count). The minimum Gasteiger partial charge on any atom is -0.454 e. The van der Waals surface area contributed by atoms with Gasteiger partial charge in [-0.25, -0.2) is 4.98 Å². The molecule has 1 amide bonds. The number of thiazole rings is 1. The first-order valence-corrected chi connectivity index (χ1v) is 8.58. The lowest BCUT2D eigenvalue weighted by atomic mass is 10.2. The van der Waals surface area contributed by atoms with Crippen LogP contribution < -0.4 is 9.47 Å². The monoisotopic (exact) mass is 332 g/mol. The van der Waals surface area contributed by atoms with Crippen LogP contribution in [0.1, 0.15) is 39.8 Å². The Bertz CT molecular complexity index is 727. The summed E-state index contributed by atoms with van der Waals surface area (Å²) in [5.41, 5.74) is 1.85. The average Bonchev–Trinajstić information content (AvgIpc) is 3.17. The van der Waals surface area contributed by atoms with Crippen molar-refractivity contribution in [2.24, 2.45) is 0 Å². The SMILES string of the molecule is CCc1nc(C)c(C(=O)N(CC)Cc2ccc3c(c2)OCO3)s1. The molecule has 5 nitrogen and oxygen atoms in total. The zero-order valence-corrected chi connectivity index (χ0v) is 14.4. The second-order valence-corrected chi connectivity index (χ2v) is 6.47. The molecule has 0 atom stereocenters. The molecule has 0 bridgehead atoms. The molecule has 6 heteroatoms. The third kappa shape index (κ3) is 3.17. The van der Waals surface area contributed by atoms with E-state index in [2.05, 4.69) is 11.9 Å². The number of aromatic nitrogens is 1. The highest BCUT2D eigenvalue weighted by Gasteiger charge is 2.21. The summed E-state index contributed by atoms with van der Waals surface area (Å²) < 4.78 is 10.7. The Hall–Kier alpha value is -2.08. The van der Waals surface area contributed by atoms with Gasteiger partial charge in [0.25, 0.3) is 5.91 Å². The molecule has 0 saturated carbocycles. The summed E-state index contributed by atoms with van der Waals surface area (Å²) in [4.78, 5) is 19.8. The molecule has 1 aliphatic heterocycles. The highest BCUT2D eigenvalue weighted by atomic mass is 32.1. The van der Waals surface area contributed by atoms with Crippen LogP contribution in [-0.4, -0.2) is 29.1 Å². The molecule has 1 aromatic carbocycles. The first-order chi connectivity index (χ1) is 11.1. The van der Waals surface area contributed by atoms with E-state index in [0.717, 1.165) is 39.1 Å². The van der Waals surface area contributed by atoms with Crippen LogP contribution in [0.3, 0.4) is 0 Å². The van der Waals surface area contributed by atoms with Gasteiger partial charge in [-0.15, -0.1) is 11.3 Å². The normalized spacial score (nSPS) is 12.5. The Morgan fingerprint density at radius 1 is 1.30 bits per heavy atom. The lowest BCUT2D eigenvalue weighted by Gasteiger charge is -2.20. The number of carbonyl (C=O) groups is 1.